The predicted molar refractivity (Wildman–Crippen MR) is 188 cm³/mol. The lowest BCUT2D eigenvalue weighted by Gasteiger charge is -2.25. The Morgan fingerprint density at radius 2 is 1.07 bits per heavy atom. The fourth-order valence-corrected chi connectivity index (χ4v) is 8.42. The summed E-state index contributed by atoms with van der Waals surface area (Å²) in [5, 5.41) is 13.3. The second kappa shape index (κ2) is 8.36. The first kappa shape index (κ1) is 24.1. The van der Waals surface area contributed by atoms with Crippen LogP contribution in [0.15, 0.2) is 140 Å². The van der Waals surface area contributed by atoms with Crippen molar-refractivity contribution in [3.63, 3.8) is 0 Å². The second-order valence-corrected chi connectivity index (χ2v) is 12.9. The van der Waals surface area contributed by atoms with Crippen LogP contribution >= 0.6 is 0 Å². The zero-order chi connectivity index (χ0) is 29.2. The number of benzene rings is 8. The van der Waals surface area contributed by atoms with Crippen LogP contribution in [0.25, 0.3) is 81.7 Å². The Morgan fingerprint density at radius 1 is 0.432 bits per heavy atom. The molecule has 44 heavy (non-hydrogen) atoms. The standard InChI is InChI=1S/C43H29N/c1-43(2)37-25-39-36(31-18-10-11-19-38(31)44(39)27-13-4-3-5-14-27)24-35(37)34-23-22-33-30-17-9-8-16-29(30)32-21-20-26-12-6-7-15-28(26)40(32)41(33)42(34)43/h3-25H,1-2H3. The maximum absolute atomic E-state index is 2.49. The van der Waals surface area contributed by atoms with Crippen molar-refractivity contribution >= 4 is 64.9 Å². The summed E-state index contributed by atoms with van der Waals surface area (Å²) in [4.78, 5) is 0. The molecule has 0 saturated carbocycles. The molecule has 0 radical (unpaired) electrons. The van der Waals surface area contributed by atoms with Gasteiger partial charge in [0, 0.05) is 21.9 Å². The Morgan fingerprint density at radius 3 is 1.86 bits per heavy atom. The van der Waals surface area contributed by atoms with Gasteiger partial charge in [-0.25, -0.2) is 0 Å². The highest BCUT2D eigenvalue weighted by Gasteiger charge is 2.38. The van der Waals surface area contributed by atoms with E-state index in [1.165, 1.54) is 92.8 Å². The minimum absolute atomic E-state index is 0.192. The fraction of sp³-hybridized carbons (Fsp3) is 0.0698. The first-order valence-corrected chi connectivity index (χ1v) is 15.5. The highest BCUT2D eigenvalue weighted by Crippen LogP contribution is 2.55. The van der Waals surface area contributed by atoms with Crippen molar-refractivity contribution in [2.75, 3.05) is 0 Å². The summed E-state index contributed by atoms with van der Waals surface area (Å²) in [5.74, 6) is 0. The molecule has 0 N–H and O–H groups in total. The number of aromatic nitrogens is 1. The number of hydrogen-bond acceptors (Lipinski definition) is 0. The number of fused-ring (bicyclic) bond motifs is 15. The van der Waals surface area contributed by atoms with E-state index < -0.39 is 0 Å². The van der Waals surface area contributed by atoms with Crippen molar-refractivity contribution in [2.45, 2.75) is 19.3 Å². The molecular weight excluding hydrogens is 530 g/mol. The average Bonchev–Trinajstić information content (AvgIpc) is 3.52. The van der Waals surface area contributed by atoms with E-state index in [1.54, 1.807) is 0 Å². The zero-order valence-corrected chi connectivity index (χ0v) is 24.7. The highest BCUT2D eigenvalue weighted by molar-refractivity contribution is 6.33. The largest absolute Gasteiger partial charge is 0.309 e. The molecule has 0 bridgehead atoms. The van der Waals surface area contributed by atoms with Crippen molar-refractivity contribution in [2.24, 2.45) is 0 Å². The number of rotatable bonds is 1. The molecule has 1 nitrogen and oxygen atoms in total. The van der Waals surface area contributed by atoms with Gasteiger partial charge in [0.05, 0.1) is 11.0 Å². The van der Waals surface area contributed by atoms with Crippen LogP contribution in [-0.4, -0.2) is 4.57 Å². The molecule has 0 unspecified atom stereocenters. The molecule has 9 aromatic rings. The van der Waals surface area contributed by atoms with Gasteiger partial charge in [-0.05, 0) is 95.7 Å². The van der Waals surface area contributed by atoms with Crippen molar-refractivity contribution in [3.05, 3.63) is 151 Å². The molecular formula is C43H29N. The Kier molecular flexibility index (Phi) is 4.58. The normalized spacial score (nSPS) is 13.9. The van der Waals surface area contributed by atoms with Gasteiger partial charge in [-0.3, -0.25) is 0 Å². The minimum atomic E-state index is -0.192. The van der Waals surface area contributed by atoms with Gasteiger partial charge in [-0.1, -0.05) is 123 Å². The molecule has 0 saturated heterocycles. The molecule has 0 atom stereocenters. The molecule has 8 aromatic carbocycles. The third-order valence-electron chi connectivity index (χ3n) is 10.3. The Hall–Kier alpha value is -5.40. The SMILES string of the molecule is CC1(C)c2cc3c(cc2-c2ccc4c5ccccc5c5ccc6ccccc6c5c4c21)c1ccccc1n3-c1ccccc1. The zero-order valence-electron chi connectivity index (χ0n) is 24.7. The average molecular weight is 560 g/mol. The number of hydrogen-bond donors (Lipinski definition) is 0. The summed E-state index contributed by atoms with van der Waals surface area (Å²) < 4.78 is 2.44. The van der Waals surface area contributed by atoms with Crippen molar-refractivity contribution in [3.8, 4) is 16.8 Å². The van der Waals surface area contributed by atoms with Gasteiger partial charge in [-0.15, -0.1) is 0 Å². The summed E-state index contributed by atoms with van der Waals surface area (Å²) in [5.41, 5.74) is 9.08. The van der Waals surface area contributed by atoms with Crippen LogP contribution in [0.1, 0.15) is 25.0 Å². The van der Waals surface area contributed by atoms with E-state index in [1.807, 2.05) is 0 Å². The van der Waals surface area contributed by atoms with Gasteiger partial charge in [-0.2, -0.15) is 0 Å². The van der Waals surface area contributed by atoms with E-state index in [0.717, 1.165) is 0 Å². The molecule has 1 heterocycles. The van der Waals surface area contributed by atoms with Crippen LogP contribution in [0.4, 0.5) is 0 Å². The van der Waals surface area contributed by atoms with E-state index in [4.69, 9.17) is 0 Å². The maximum atomic E-state index is 2.49. The van der Waals surface area contributed by atoms with Crippen LogP contribution < -0.4 is 0 Å². The van der Waals surface area contributed by atoms with Crippen LogP contribution in [-0.2, 0) is 5.41 Å². The summed E-state index contributed by atoms with van der Waals surface area (Å²) in [6.07, 6.45) is 0. The van der Waals surface area contributed by atoms with E-state index in [-0.39, 0.29) is 5.41 Å². The third kappa shape index (κ3) is 2.94. The molecule has 1 aliphatic carbocycles. The van der Waals surface area contributed by atoms with Crippen LogP contribution in [0.5, 0.6) is 0 Å². The van der Waals surface area contributed by atoms with Gasteiger partial charge in [0.25, 0.3) is 0 Å². The van der Waals surface area contributed by atoms with Gasteiger partial charge >= 0.3 is 0 Å². The van der Waals surface area contributed by atoms with Crippen molar-refractivity contribution < 1.29 is 0 Å². The summed E-state index contributed by atoms with van der Waals surface area (Å²) in [7, 11) is 0. The minimum Gasteiger partial charge on any atom is -0.309 e. The number of para-hydroxylation sites is 2. The van der Waals surface area contributed by atoms with Crippen LogP contribution in [0, 0.1) is 0 Å². The maximum Gasteiger partial charge on any atom is 0.0544 e. The Balaban J connectivity index is 1.39. The summed E-state index contributed by atoms with van der Waals surface area (Å²) in [6.45, 7) is 4.87. The molecule has 1 aromatic heterocycles. The van der Waals surface area contributed by atoms with E-state index >= 15 is 0 Å². The first-order valence-electron chi connectivity index (χ1n) is 15.5. The lowest BCUT2D eigenvalue weighted by molar-refractivity contribution is 0.667. The van der Waals surface area contributed by atoms with Gasteiger partial charge < -0.3 is 4.57 Å². The lowest BCUT2D eigenvalue weighted by atomic mass is 9.78. The Labute approximate surface area is 255 Å². The molecule has 0 amide bonds. The molecule has 10 rings (SSSR count). The topological polar surface area (TPSA) is 4.93 Å². The van der Waals surface area contributed by atoms with Gasteiger partial charge in [0.1, 0.15) is 0 Å². The second-order valence-electron chi connectivity index (χ2n) is 12.9. The quantitative estimate of drug-likeness (QED) is 0.176. The van der Waals surface area contributed by atoms with Crippen molar-refractivity contribution in [1.29, 1.82) is 0 Å². The lowest BCUT2D eigenvalue weighted by Crippen LogP contribution is -2.16. The molecule has 1 aliphatic rings. The monoisotopic (exact) mass is 559 g/mol. The molecule has 1 heteroatoms. The summed E-state index contributed by atoms with van der Waals surface area (Å²) in [6, 6.07) is 51.9. The van der Waals surface area contributed by atoms with E-state index in [0.29, 0.717) is 0 Å². The van der Waals surface area contributed by atoms with Crippen molar-refractivity contribution in [1.82, 2.24) is 4.57 Å². The fourth-order valence-electron chi connectivity index (χ4n) is 8.42. The first-order chi connectivity index (χ1) is 21.6. The Bertz CT molecular complexity index is 2670. The van der Waals surface area contributed by atoms with E-state index in [9.17, 15) is 0 Å². The van der Waals surface area contributed by atoms with Crippen LogP contribution in [0.2, 0.25) is 0 Å². The third-order valence-corrected chi connectivity index (χ3v) is 10.3. The smallest absolute Gasteiger partial charge is 0.0544 e. The molecule has 206 valence electrons. The van der Waals surface area contributed by atoms with E-state index in [2.05, 4.69) is 158 Å². The number of nitrogens with zero attached hydrogens (tertiary/aromatic N) is 1. The van der Waals surface area contributed by atoms with Crippen LogP contribution in [0.3, 0.4) is 0 Å². The van der Waals surface area contributed by atoms with Gasteiger partial charge in [0.2, 0.25) is 0 Å². The molecule has 0 spiro atoms. The summed E-state index contributed by atoms with van der Waals surface area (Å²) >= 11 is 0. The predicted octanol–water partition coefficient (Wildman–Crippen LogP) is 11.7. The van der Waals surface area contributed by atoms with Gasteiger partial charge in [0.15, 0.2) is 0 Å². The molecule has 0 fully saturated rings. The molecule has 0 aliphatic heterocycles. The highest BCUT2D eigenvalue weighted by atomic mass is 15.0.